The molecule has 0 radical (unpaired) electrons. The molecule has 3 nitrogen and oxygen atoms in total. The summed E-state index contributed by atoms with van der Waals surface area (Å²) in [5, 5.41) is 0. The van der Waals surface area contributed by atoms with Crippen molar-refractivity contribution in [2.45, 2.75) is 19.4 Å². The Hall–Kier alpha value is -1.06. The molecule has 0 aliphatic carbocycles. The second-order valence-corrected chi connectivity index (χ2v) is 3.39. The minimum absolute atomic E-state index is 0.0451. The molecule has 0 fully saturated rings. The van der Waals surface area contributed by atoms with Gasteiger partial charge in [-0.3, -0.25) is 0 Å². The molecule has 0 heterocycles. The highest BCUT2D eigenvalue weighted by atomic mass is 16.5. The van der Waals surface area contributed by atoms with Crippen LogP contribution in [0.25, 0.3) is 0 Å². The van der Waals surface area contributed by atoms with E-state index in [1.54, 1.807) is 7.11 Å². The number of hydrogen-bond acceptors (Lipinski definition) is 3. The van der Waals surface area contributed by atoms with Gasteiger partial charge in [-0.15, -0.1) is 0 Å². The first-order valence-electron chi connectivity index (χ1n) is 5.25. The van der Waals surface area contributed by atoms with Crippen LogP contribution in [0, 0.1) is 0 Å². The van der Waals surface area contributed by atoms with Gasteiger partial charge in [0, 0.05) is 18.7 Å². The molecule has 0 saturated heterocycles. The van der Waals surface area contributed by atoms with Gasteiger partial charge in [0.1, 0.15) is 12.4 Å². The van der Waals surface area contributed by atoms with E-state index in [-0.39, 0.29) is 6.04 Å². The van der Waals surface area contributed by atoms with E-state index in [0.29, 0.717) is 13.2 Å². The fourth-order valence-corrected chi connectivity index (χ4v) is 1.37. The van der Waals surface area contributed by atoms with Gasteiger partial charge in [0.2, 0.25) is 0 Å². The molecule has 0 aliphatic heterocycles. The molecule has 0 saturated carbocycles. The zero-order valence-electron chi connectivity index (χ0n) is 9.40. The predicted molar refractivity (Wildman–Crippen MR) is 61.0 cm³/mol. The topological polar surface area (TPSA) is 44.5 Å². The number of rotatable bonds is 6. The van der Waals surface area contributed by atoms with Crippen LogP contribution in [0.15, 0.2) is 24.3 Å². The summed E-state index contributed by atoms with van der Waals surface area (Å²) in [6.07, 6.45) is 0.907. The summed E-state index contributed by atoms with van der Waals surface area (Å²) in [6.45, 7) is 3.22. The van der Waals surface area contributed by atoms with E-state index < -0.39 is 0 Å². The molecule has 0 aliphatic rings. The van der Waals surface area contributed by atoms with E-state index in [4.69, 9.17) is 15.2 Å². The Bertz CT molecular complexity index is 289. The van der Waals surface area contributed by atoms with Crippen molar-refractivity contribution in [3.05, 3.63) is 29.8 Å². The molecule has 3 heteroatoms. The second kappa shape index (κ2) is 6.43. The van der Waals surface area contributed by atoms with Gasteiger partial charge in [-0.05, 0) is 12.5 Å². The van der Waals surface area contributed by atoms with Crippen LogP contribution >= 0.6 is 0 Å². The summed E-state index contributed by atoms with van der Waals surface area (Å²) in [6, 6.07) is 7.93. The van der Waals surface area contributed by atoms with Crippen molar-refractivity contribution in [2.24, 2.45) is 5.73 Å². The van der Waals surface area contributed by atoms with Crippen LogP contribution in [0.3, 0.4) is 0 Å². The Morgan fingerprint density at radius 2 is 2.00 bits per heavy atom. The SMILES string of the molecule is CCC(N)c1ccccc1OCCOC. The maximum atomic E-state index is 5.99. The minimum Gasteiger partial charge on any atom is -0.491 e. The number of ether oxygens (including phenoxy) is 2. The number of methoxy groups -OCH3 is 1. The van der Waals surface area contributed by atoms with Crippen molar-refractivity contribution in [1.29, 1.82) is 0 Å². The maximum Gasteiger partial charge on any atom is 0.124 e. The lowest BCUT2D eigenvalue weighted by molar-refractivity contribution is 0.145. The fraction of sp³-hybridized carbons (Fsp3) is 0.500. The Balaban J connectivity index is 2.68. The number of para-hydroxylation sites is 1. The zero-order valence-corrected chi connectivity index (χ0v) is 9.40. The van der Waals surface area contributed by atoms with Crippen LogP contribution in [0.2, 0.25) is 0 Å². The van der Waals surface area contributed by atoms with E-state index >= 15 is 0 Å². The number of benzene rings is 1. The molecule has 1 rings (SSSR count). The van der Waals surface area contributed by atoms with Gasteiger partial charge in [0.05, 0.1) is 6.61 Å². The molecule has 1 atom stereocenters. The van der Waals surface area contributed by atoms with Crippen LogP contribution < -0.4 is 10.5 Å². The molecule has 1 aromatic rings. The van der Waals surface area contributed by atoms with Crippen molar-refractivity contribution in [2.75, 3.05) is 20.3 Å². The maximum absolute atomic E-state index is 5.99. The molecule has 15 heavy (non-hydrogen) atoms. The third-order valence-electron chi connectivity index (χ3n) is 2.30. The van der Waals surface area contributed by atoms with Crippen molar-refractivity contribution >= 4 is 0 Å². The first-order valence-corrected chi connectivity index (χ1v) is 5.25. The third kappa shape index (κ3) is 3.53. The average molecular weight is 209 g/mol. The van der Waals surface area contributed by atoms with Crippen LogP contribution in [0.4, 0.5) is 0 Å². The van der Waals surface area contributed by atoms with Gasteiger partial charge in [-0.2, -0.15) is 0 Å². The number of nitrogens with two attached hydrogens (primary N) is 1. The Kier molecular flexibility index (Phi) is 5.15. The molecule has 0 amide bonds. The van der Waals surface area contributed by atoms with E-state index in [0.717, 1.165) is 17.7 Å². The summed E-state index contributed by atoms with van der Waals surface area (Å²) in [4.78, 5) is 0. The Morgan fingerprint density at radius 1 is 1.27 bits per heavy atom. The van der Waals surface area contributed by atoms with Crippen LogP contribution in [0.1, 0.15) is 24.9 Å². The summed E-state index contributed by atoms with van der Waals surface area (Å²) in [7, 11) is 1.66. The van der Waals surface area contributed by atoms with Crippen molar-refractivity contribution in [3.63, 3.8) is 0 Å². The normalized spacial score (nSPS) is 12.5. The molecular weight excluding hydrogens is 190 g/mol. The van der Waals surface area contributed by atoms with Gasteiger partial charge < -0.3 is 15.2 Å². The third-order valence-corrected chi connectivity index (χ3v) is 2.30. The standard InChI is InChI=1S/C12H19NO2/c1-3-11(13)10-6-4-5-7-12(10)15-9-8-14-2/h4-7,11H,3,8-9,13H2,1-2H3. The Labute approximate surface area is 91.2 Å². The Morgan fingerprint density at radius 3 is 2.67 bits per heavy atom. The lowest BCUT2D eigenvalue weighted by atomic mass is 10.0. The van der Waals surface area contributed by atoms with Crippen molar-refractivity contribution in [3.8, 4) is 5.75 Å². The monoisotopic (exact) mass is 209 g/mol. The lowest BCUT2D eigenvalue weighted by Crippen LogP contribution is -2.12. The highest BCUT2D eigenvalue weighted by Gasteiger charge is 2.09. The molecule has 1 aromatic carbocycles. The van der Waals surface area contributed by atoms with Crippen molar-refractivity contribution in [1.82, 2.24) is 0 Å². The molecule has 1 unspecified atom stereocenters. The largest absolute Gasteiger partial charge is 0.491 e. The highest BCUT2D eigenvalue weighted by Crippen LogP contribution is 2.25. The summed E-state index contributed by atoms with van der Waals surface area (Å²) < 4.78 is 10.5. The quantitative estimate of drug-likeness (QED) is 0.730. The highest BCUT2D eigenvalue weighted by molar-refractivity contribution is 5.35. The van der Waals surface area contributed by atoms with E-state index in [2.05, 4.69) is 6.92 Å². The van der Waals surface area contributed by atoms with Gasteiger partial charge >= 0.3 is 0 Å². The van der Waals surface area contributed by atoms with E-state index in [1.807, 2.05) is 24.3 Å². The smallest absolute Gasteiger partial charge is 0.124 e. The molecule has 0 aromatic heterocycles. The van der Waals surface area contributed by atoms with Gasteiger partial charge in [0.15, 0.2) is 0 Å². The fourth-order valence-electron chi connectivity index (χ4n) is 1.37. The first kappa shape index (κ1) is 12.0. The molecular formula is C12H19NO2. The van der Waals surface area contributed by atoms with Gasteiger partial charge in [0.25, 0.3) is 0 Å². The molecule has 0 bridgehead atoms. The van der Waals surface area contributed by atoms with Crippen LogP contribution in [-0.4, -0.2) is 20.3 Å². The first-order chi connectivity index (χ1) is 7.29. The second-order valence-electron chi connectivity index (χ2n) is 3.39. The lowest BCUT2D eigenvalue weighted by Gasteiger charge is -2.15. The number of hydrogen-bond donors (Lipinski definition) is 1. The van der Waals surface area contributed by atoms with Gasteiger partial charge in [-0.25, -0.2) is 0 Å². The molecule has 0 spiro atoms. The molecule has 2 N–H and O–H groups in total. The van der Waals surface area contributed by atoms with Crippen LogP contribution in [-0.2, 0) is 4.74 Å². The zero-order chi connectivity index (χ0) is 11.1. The summed E-state index contributed by atoms with van der Waals surface area (Å²) >= 11 is 0. The van der Waals surface area contributed by atoms with E-state index in [1.165, 1.54) is 0 Å². The van der Waals surface area contributed by atoms with Crippen molar-refractivity contribution < 1.29 is 9.47 Å². The minimum atomic E-state index is 0.0451. The van der Waals surface area contributed by atoms with Gasteiger partial charge in [-0.1, -0.05) is 25.1 Å². The molecule has 84 valence electrons. The average Bonchev–Trinajstić information content (AvgIpc) is 2.29. The summed E-state index contributed by atoms with van der Waals surface area (Å²) in [5.41, 5.74) is 7.05. The summed E-state index contributed by atoms with van der Waals surface area (Å²) in [5.74, 6) is 0.865. The predicted octanol–water partition coefficient (Wildman–Crippen LogP) is 2.12. The van der Waals surface area contributed by atoms with Crippen LogP contribution in [0.5, 0.6) is 5.75 Å². The van der Waals surface area contributed by atoms with E-state index in [9.17, 15) is 0 Å².